The predicted molar refractivity (Wildman–Crippen MR) is 119 cm³/mol. The van der Waals surface area contributed by atoms with Gasteiger partial charge in [-0.05, 0) is 48.5 Å². The maximum absolute atomic E-state index is 5.27. The van der Waals surface area contributed by atoms with Gasteiger partial charge in [0, 0.05) is 40.4 Å². The number of ether oxygens (including phenoxy) is 1. The minimum atomic E-state index is 0. The molecule has 1 N–H and O–H groups in total. The highest BCUT2D eigenvalue weighted by atomic mass is 127. The average molecular weight is 471 g/mol. The van der Waals surface area contributed by atoms with Crippen LogP contribution in [0.1, 0.15) is 44.1 Å². The van der Waals surface area contributed by atoms with E-state index in [1.807, 2.05) is 7.05 Å². The van der Waals surface area contributed by atoms with E-state index in [1.165, 1.54) is 24.8 Å². The SMILES string of the molecule is CN=C(NCC1(CCOC)CC1)N1CCC(c2ccccc2)C(C)C1.I. The predicted octanol–water partition coefficient (Wildman–Crippen LogP) is 4.12. The summed E-state index contributed by atoms with van der Waals surface area (Å²) in [5.41, 5.74) is 1.93. The van der Waals surface area contributed by atoms with Crippen molar-refractivity contribution >= 4 is 29.9 Å². The fourth-order valence-electron chi connectivity index (χ4n) is 4.14. The van der Waals surface area contributed by atoms with Gasteiger partial charge < -0.3 is 15.0 Å². The van der Waals surface area contributed by atoms with Gasteiger partial charge in [0.25, 0.3) is 0 Å². The van der Waals surface area contributed by atoms with Crippen LogP contribution in [-0.4, -0.2) is 51.3 Å². The minimum Gasteiger partial charge on any atom is -0.385 e. The van der Waals surface area contributed by atoms with Crippen LogP contribution >= 0.6 is 24.0 Å². The molecule has 4 nitrogen and oxygen atoms in total. The van der Waals surface area contributed by atoms with Crippen molar-refractivity contribution in [3.63, 3.8) is 0 Å². The second-order valence-corrected chi connectivity index (χ2v) is 7.87. The smallest absolute Gasteiger partial charge is 0.193 e. The highest BCUT2D eigenvalue weighted by Gasteiger charge is 2.42. The first-order valence-electron chi connectivity index (χ1n) is 9.67. The Labute approximate surface area is 175 Å². The number of hydrogen-bond acceptors (Lipinski definition) is 2. The summed E-state index contributed by atoms with van der Waals surface area (Å²) in [4.78, 5) is 7.00. The van der Waals surface area contributed by atoms with E-state index < -0.39 is 0 Å². The van der Waals surface area contributed by atoms with Crippen molar-refractivity contribution in [2.24, 2.45) is 16.3 Å². The van der Waals surface area contributed by atoms with Gasteiger partial charge in [-0.1, -0.05) is 37.3 Å². The number of rotatable bonds is 6. The summed E-state index contributed by atoms with van der Waals surface area (Å²) in [5, 5.41) is 3.65. The van der Waals surface area contributed by atoms with Crippen LogP contribution in [0.4, 0.5) is 0 Å². The topological polar surface area (TPSA) is 36.9 Å². The molecule has 1 heterocycles. The molecule has 1 aliphatic heterocycles. The van der Waals surface area contributed by atoms with Gasteiger partial charge in [-0.3, -0.25) is 4.99 Å². The molecule has 2 fully saturated rings. The van der Waals surface area contributed by atoms with Crippen molar-refractivity contribution in [2.45, 2.75) is 38.5 Å². The lowest BCUT2D eigenvalue weighted by atomic mass is 9.82. The fourth-order valence-corrected chi connectivity index (χ4v) is 4.14. The van der Waals surface area contributed by atoms with Crippen LogP contribution in [0.25, 0.3) is 0 Å². The molecule has 0 amide bonds. The molecule has 1 aromatic carbocycles. The van der Waals surface area contributed by atoms with Crippen molar-refractivity contribution in [1.82, 2.24) is 10.2 Å². The zero-order valence-electron chi connectivity index (χ0n) is 16.4. The Bertz CT molecular complexity index is 574. The van der Waals surface area contributed by atoms with E-state index in [2.05, 4.69) is 52.5 Å². The Kier molecular flexibility index (Phi) is 8.20. The molecule has 0 spiro atoms. The summed E-state index contributed by atoms with van der Waals surface area (Å²) in [7, 11) is 3.70. The maximum Gasteiger partial charge on any atom is 0.193 e. The largest absolute Gasteiger partial charge is 0.385 e. The Balaban J connectivity index is 0.00000243. The van der Waals surface area contributed by atoms with Gasteiger partial charge in [-0.15, -0.1) is 24.0 Å². The minimum absolute atomic E-state index is 0. The Morgan fingerprint density at radius 3 is 2.62 bits per heavy atom. The third-order valence-electron chi connectivity index (χ3n) is 6.06. The van der Waals surface area contributed by atoms with Crippen LogP contribution in [0.15, 0.2) is 35.3 Å². The number of nitrogens with one attached hydrogen (secondary N) is 1. The number of methoxy groups -OCH3 is 1. The average Bonchev–Trinajstić information content (AvgIpc) is 3.41. The molecule has 0 bridgehead atoms. The first kappa shape index (κ1) is 21.5. The monoisotopic (exact) mass is 471 g/mol. The molecular weight excluding hydrogens is 437 g/mol. The number of aliphatic imine (C=N–C) groups is 1. The standard InChI is InChI=1S/C21H33N3O.HI/c1-17-15-24(13-9-19(17)18-7-5-4-6-8-18)20(22-2)23-16-21(10-11-21)12-14-25-3;/h4-8,17,19H,9-16H2,1-3H3,(H,22,23);1H. The van der Waals surface area contributed by atoms with E-state index in [0.717, 1.165) is 38.6 Å². The number of benzene rings is 1. The fraction of sp³-hybridized carbons (Fsp3) is 0.667. The molecule has 146 valence electrons. The third kappa shape index (κ3) is 5.35. The van der Waals surface area contributed by atoms with Gasteiger partial charge in [0.1, 0.15) is 0 Å². The summed E-state index contributed by atoms with van der Waals surface area (Å²) in [6.07, 6.45) is 4.97. The van der Waals surface area contributed by atoms with Crippen molar-refractivity contribution in [2.75, 3.05) is 40.4 Å². The lowest BCUT2D eigenvalue weighted by Crippen LogP contribution is -2.49. The van der Waals surface area contributed by atoms with Gasteiger partial charge in [0.2, 0.25) is 0 Å². The molecule has 1 saturated heterocycles. The molecule has 2 aliphatic rings. The molecule has 1 aromatic rings. The van der Waals surface area contributed by atoms with Crippen molar-refractivity contribution < 1.29 is 4.74 Å². The highest BCUT2D eigenvalue weighted by molar-refractivity contribution is 14.0. The lowest BCUT2D eigenvalue weighted by molar-refractivity contribution is 0.172. The van der Waals surface area contributed by atoms with Crippen molar-refractivity contribution in [1.29, 1.82) is 0 Å². The second kappa shape index (κ2) is 9.93. The molecule has 2 unspecified atom stereocenters. The third-order valence-corrected chi connectivity index (χ3v) is 6.06. The quantitative estimate of drug-likeness (QED) is 0.385. The highest BCUT2D eigenvalue weighted by Crippen LogP contribution is 2.48. The molecule has 5 heteroatoms. The number of guanidine groups is 1. The molecule has 0 radical (unpaired) electrons. The van der Waals surface area contributed by atoms with Gasteiger partial charge in [-0.25, -0.2) is 0 Å². The molecule has 2 atom stereocenters. The van der Waals surface area contributed by atoms with Crippen LogP contribution < -0.4 is 5.32 Å². The number of hydrogen-bond donors (Lipinski definition) is 1. The molecular formula is C21H34IN3O. The number of likely N-dealkylation sites (tertiary alicyclic amines) is 1. The van der Waals surface area contributed by atoms with Gasteiger partial charge in [0.15, 0.2) is 5.96 Å². The van der Waals surface area contributed by atoms with Crippen LogP contribution in [-0.2, 0) is 4.74 Å². The van der Waals surface area contributed by atoms with Crippen LogP contribution in [0, 0.1) is 11.3 Å². The Morgan fingerprint density at radius 2 is 2.04 bits per heavy atom. The zero-order chi connectivity index (χ0) is 17.7. The lowest BCUT2D eigenvalue weighted by Gasteiger charge is -2.39. The van der Waals surface area contributed by atoms with Crippen molar-refractivity contribution in [3.8, 4) is 0 Å². The molecule has 0 aromatic heterocycles. The Hall–Kier alpha value is -0.820. The van der Waals surface area contributed by atoms with E-state index in [1.54, 1.807) is 7.11 Å². The number of piperidine rings is 1. The van der Waals surface area contributed by atoms with E-state index in [9.17, 15) is 0 Å². The van der Waals surface area contributed by atoms with E-state index in [-0.39, 0.29) is 24.0 Å². The zero-order valence-corrected chi connectivity index (χ0v) is 18.7. The number of nitrogens with zero attached hydrogens (tertiary/aromatic N) is 2. The molecule has 26 heavy (non-hydrogen) atoms. The molecule has 1 saturated carbocycles. The van der Waals surface area contributed by atoms with Crippen molar-refractivity contribution in [3.05, 3.63) is 35.9 Å². The normalized spacial score (nSPS) is 24.7. The summed E-state index contributed by atoms with van der Waals surface area (Å²) >= 11 is 0. The van der Waals surface area contributed by atoms with E-state index in [4.69, 9.17) is 4.74 Å². The first-order valence-corrected chi connectivity index (χ1v) is 9.67. The van der Waals surface area contributed by atoms with Crippen LogP contribution in [0.5, 0.6) is 0 Å². The summed E-state index contributed by atoms with van der Waals surface area (Å²) in [6.45, 7) is 6.41. The first-order chi connectivity index (χ1) is 12.2. The summed E-state index contributed by atoms with van der Waals surface area (Å²) in [5.74, 6) is 2.37. The molecule has 1 aliphatic carbocycles. The maximum atomic E-state index is 5.27. The van der Waals surface area contributed by atoms with Crippen LogP contribution in [0.2, 0.25) is 0 Å². The summed E-state index contributed by atoms with van der Waals surface area (Å²) in [6, 6.07) is 11.0. The van der Waals surface area contributed by atoms with E-state index >= 15 is 0 Å². The van der Waals surface area contributed by atoms with Gasteiger partial charge in [-0.2, -0.15) is 0 Å². The van der Waals surface area contributed by atoms with Gasteiger partial charge in [0.05, 0.1) is 0 Å². The number of halogens is 1. The van der Waals surface area contributed by atoms with Crippen LogP contribution in [0.3, 0.4) is 0 Å². The second-order valence-electron chi connectivity index (χ2n) is 7.87. The summed E-state index contributed by atoms with van der Waals surface area (Å²) < 4.78 is 5.27. The van der Waals surface area contributed by atoms with Gasteiger partial charge >= 0.3 is 0 Å². The Morgan fingerprint density at radius 1 is 1.31 bits per heavy atom. The van der Waals surface area contributed by atoms with E-state index in [0.29, 0.717) is 17.3 Å². The molecule has 3 rings (SSSR count).